The van der Waals surface area contributed by atoms with Crippen LogP contribution in [0.3, 0.4) is 0 Å². The molecule has 1 unspecified atom stereocenters. The van der Waals surface area contributed by atoms with Gasteiger partial charge in [-0.1, -0.05) is 35.5 Å². The third-order valence-electron chi connectivity index (χ3n) is 2.35. The SMILES string of the molecule is Cn1ncnc1SC(CN)c1cccc(Cl)c1. The molecule has 1 atom stereocenters. The van der Waals surface area contributed by atoms with Gasteiger partial charge in [0, 0.05) is 23.9 Å². The van der Waals surface area contributed by atoms with Crippen LogP contribution in [0.5, 0.6) is 0 Å². The zero-order valence-corrected chi connectivity index (χ0v) is 10.9. The van der Waals surface area contributed by atoms with Crippen molar-refractivity contribution in [3.05, 3.63) is 41.2 Å². The van der Waals surface area contributed by atoms with Gasteiger partial charge < -0.3 is 5.73 Å². The van der Waals surface area contributed by atoms with Crippen molar-refractivity contribution in [3.63, 3.8) is 0 Å². The topological polar surface area (TPSA) is 56.7 Å². The maximum absolute atomic E-state index is 5.98. The largest absolute Gasteiger partial charge is 0.329 e. The Labute approximate surface area is 109 Å². The highest BCUT2D eigenvalue weighted by Gasteiger charge is 2.14. The highest BCUT2D eigenvalue weighted by molar-refractivity contribution is 7.99. The second-order valence-corrected chi connectivity index (χ2v) is 5.17. The number of hydrogen-bond donors (Lipinski definition) is 1. The molecule has 1 aromatic carbocycles. The zero-order valence-electron chi connectivity index (χ0n) is 9.38. The third kappa shape index (κ3) is 3.00. The Kier molecular flexibility index (Phi) is 4.04. The lowest BCUT2D eigenvalue weighted by atomic mass is 10.1. The molecule has 0 spiro atoms. The van der Waals surface area contributed by atoms with Crippen LogP contribution in [0.4, 0.5) is 0 Å². The van der Waals surface area contributed by atoms with Gasteiger partial charge in [0.1, 0.15) is 6.33 Å². The lowest BCUT2D eigenvalue weighted by molar-refractivity contribution is 0.682. The van der Waals surface area contributed by atoms with Crippen molar-refractivity contribution < 1.29 is 0 Å². The number of nitrogens with two attached hydrogens (primary N) is 1. The lowest BCUT2D eigenvalue weighted by Crippen LogP contribution is -2.10. The molecule has 17 heavy (non-hydrogen) atoms. The summed E-state index contributed by atoms with van der Waals surface area (Å²) in [5, 5.41) is 5.74. The molecule has 1 aromatic heterocycles. The predicted molar refractivity (Wildman–Crippen MR) is 70.1 cm³/mol. The summed E-state index contributed by atoms with van der Waals surface area (Å²) < 4.78 is 1.73. The molecule has 0 amide bonds. The van der Waals surface area contributed by atoms with E-state index in [0.29, 0.717) is 6.54 Å². The molecule has 0 aliphatic rings. The number of rotatable bonds is 4. The van der Waals surface area contributed by atoms with Crippen molar-refractivity contribution in [2.75, 3.05) is 6.54 Å². The van der Waals surface area contributed by atoms with Crippen LogP contribution >= 0.6 is 23.4 Å². The number of benzene rings is 1. The molecule has 1 heterocycles. The van der Waals surface area contributed by atoms with Gasteiger partial charge >= 0.3 is 0 Å². The van der Waals surface area contributed by atoms with Crippen LogP contribution in [0.15, 0.2) is 35.7 Å². The molecule has 6 heteroatoms. The van der Waals surface area contributed by atoms with E-state index >= 15 is 0 Å². The van der Waals surface area contributed by atoms with Crippen LogP contribution < -0.4 is 5.73 Å². The highest BCUT2D eigenvalue weighted by atomic mass is 35.5. The third-order valence-corrected chi connectivity index (χ3v) is 3.92. The summed E-state index contributed by atoms with van der Waals surface area (Å²) in [6.07, 6.45) is 1.54. The van der Waals surface area contributed by atoms with Gasteiger partial charge in [-0.3, -0.25) is 0 Å². The second kappa shape index (κ2) is 5.53. The molecule has 0 aliphatic heterocycles. The fourth-order valence-electron chi connectivity index (χ4n) is 1.48. The van der Waals surface area contributed by atoms with E-state index in [0.717, 1.165) is 15.7 Å². The van der Waals surface area contributed by atoms with E-state index in [1.54, 1.807) is 16.4 Å². The maximum atomic E-state index is 5.98. The summed E-state index contributed by atoms with van der Waals surface area (Å²) in [5.74, 6) is 0. The fraction of sp³-hybridized carbons (Fsp3) is 0.273. The first-order chi connectivity index (χ1) is 8.20. The average molecular weight is 269 g/mol. The van der Waals surface area contributed by atoms with Gasteiger partial charge in [-0.15, -0.1) is 0 Å². The smallest absolute Gasteiger partial charge is 0.186 e. The monoisotopic (exact) mass is 268 g/mol. The standard InChI is InChI=1S/C11H13ClN4S/c1-16-11(14-7-15-16)17-10(6-13)8-3-2-4-9(12)5-8/h2-5,7,10H,6,13H2,1H3. The van der Waals surface area contributed by atoms with E-state index in [4.69, 9.17) is 17.3 Å². The number of aromatic nitrogens is 3. The van der Waals surface area contributed by atoms with Gasteiger partial charge in [0.2, 0.25) is 0 Å². The first kappa shape index (κ1) is 12.4. The molecule has 4 nitrogen and oxygen atoms in total. The summed E-state index contributed by atoms with van der Waals surface area (Å²) in [5.41, 5.74) is 6.90. The van der Waals surface area contributed by atoms with Gasteiger partial charge in [0.25, 0.3) is 0 Å². The summed E-state index contributed by atoms with van der Waals surface area (Å²) in [6.45, 7) is 0.526. The number of hydrogen-bond acceptors (Lipinski definition) is 4. The molecule has 2 aromatic rings. The van der Waals surface area contributed by atoms with Crippen LogP contribution in [-0.2, 0) is 7.05 Å². The van der Waals surface area contributed by atoms with Crippen molar-refractivity contribution in [3.8, 4) is 0 Å². The number of aryl methyl sites for hydroxylation is 1. The Balaban J connectivity index is 2.20. The van der Waals surface area contributed by atoms with Gasteiger partial charge in [-0.25, -0.2) is 9.67 Å². The molecule has 90 valence electrons. The molecule has 0 saturated carbocycles. The fourth-order valence-corrected chi connectivity index (χ4v) is 2.62. The summed E-state index contributed by atoms with van der Waals surface area (Å²) in [4.78, 5) is 4.18. The van der Waals surface area contributed by atoms with Crippen molar-refractivity contribution >= 4 is 23.4 Å². The first-order valence-electron chi connectivity index (χ1n) is 5.17. The molecular formula is C11H13ClN4S. The van der Waals surface area contributed by atoms with Gasteiger partial charge in [-0.05, 0) is 17.7 Å². The Morgan fingerprint density at radius 1 is 1.53 bits per heavy atom. The molecular weight excluding hydrogens is 256 g/mol. The van der Waals surface area contributed by atoms with E-state index in [1.807, 2.05) is 31.3 Å². The van der Waals surface area contributed by atoms with Crippen LogP contribution in [0, 0.1) is 0 Å². The van der Waals surface area contributed by atoms with Crippen LogP contribution in [-0.4, -0.2) is 21.3 Å². The molecule has 0 fully saturated rings. The molecule has 0 aliphatic carbocycles. The molecule has 0 bridgehead atoms. The minimum Gasteiger partial charge on any atom is -0.329 e. The van der Waals surface area contributed by atoms with Crippen molar-refractivity contribution in [2.45, 2.75) is 10.4 Å². The van der Waals surface area contributed by atoms with Crippen molar-refractivity contribution in [2.24, 2.45) is 12.8 Å². The second-order valence-electron chi connectivity index (χ2n) is 3.56. The van der Waals surface area contributed by atoms with E-state index < -0.39 is 0 Å². The van der Waals surface area contributed by atoms with Crippen LogP contribution in [0.25, 0.3) is 0 Å². The Morgan fingerprint density at radius 3 is 2.94 bits per heavy atom. The van der Waals surface area contributed by atoms with Gasteiger partial charge in [-0.2, -0.15) is 5.10 Å². The molecule has 0 radical (unpaired) electrons. The summed E-state index contributed by atoms with van der Waals surface area (Å²) in [7, 11) is 1.86. The Hall–Kier alpha value is -1.04. The minimum absolute atomic E-state index is 0.136. The molecule has 0 saturated heterocycles. The van der Waals surface area contributed by atoms with Crippen molar-refractivity contribution in [1.29, 1.82) is 0 Å². The van der Waals surface area contributed by atoms with E-state index in [9.17, 15) is 0 Å². The van der Waals surface area contributed by atoms with E-state index in [-0.39, 0.29) is 5.25 Å². The zero-order chi connectivity index (χ0) is 12.3. The Bertz CT molecular complexity index is 500. The average Bonchev–Trinajstić information content (AvgIpc) is 2.71. The number of nitrogens with zero attached hydrogens (tertiary/aromatic N) is 3. The van der Waals surface area contributed by atoms with Gasteiger partial charge in [0.15, 0.2) is 5.16 Å². The van der Waals surface area contributed by atoms with Crippen molar-refractivity contribution in [1.82, 2.24) is 14.8 Å². The molecule has 2 rings (SSSR count). The number of halogens is 1. The number of thioether (sulfide) groups is 1. The maximum Gasteiger partial charge on any atom is 0.186 e. The minimum atomic E-state index is 0.136. The summed E-state index contributed by atoms with van der Waals surface area (Å²) in [6, 6.07) is 7.73. The first-order valence-corrected chi connectivity index (χ1v) is 6.42. The highest BCUT2D eigenvalue weighted by Crippen LogP contribution is 2.33. The lowest BCUT2D eigenvalue weighted by Gasteiger charge is -2.14. The quantitative estimate of drug-likeness (QED) is 0.865. The summed E-state index contributed by atoms with van der Waals surface area (Å²) >= 11 is 7.57. The van der Waals surface area contributed by atoms with E-state index in [1.165, 1.54) is 6.33 Å². The van der Waals surface area contributed by atoms with Crippen LogP contribution in [0.1, 0.15) is 10.8 Å². The van der Waals surface area contributed by atoms with E-state index in [2.05, 4.69) is 10.1 Å². The normalized spacial score (nSPS) is 12.6. The van der Waals surface area contributed by atoms with Gasteiger partial charge in [0.05, 0.1) is 0 Å². The van der Waals surface area contributed by atoms with Crippen LogP contribution in [0.2, 0.25) is 5.02 Å². The molecule has 2 N–H and O–H groups in total. The Morgan fingerprint density at radius 2 is 2.35 bits per heavy atom. The predicted octanol–water partition coefficient (Wildman–Crippen LogP) is 2.26.